The quantitative estimate of drug-likeness (QED) is 0.144. The molecule has 6 aromatic carbocycles. The molecular formula is C45H35N. The molecule has 0 atom stereocenters. The molecule has 1 aliphatic rings. The molecule has 0 saturated heterocycles. The first kappa shape index (κ1) is 28.0. The normalized spacial score (nSPS) is 13.4. The second kappa shape index (κ2) is 11.8. The number of benzene rings is 6. The number of nitrogens with zero attached hydrogens (tertiary/aromatic N) is 1. The fraction of sp³-hybridized carbons (Fsp3) is 0.0889. The van der Waals surface area contributed by atoms with Crippen LogP contribution in [0.2, 0.25) is 0 Å². The molecular weight excluding hydrogens is 555 g/mol. The fourth-order valence-corrected chi connectivity index (χ4v) is 7.10. The van der Waals surface area contributed by atoms with Crippen molar-refractivity contribution in [2.75, 3.05) is 0 Å². The molecule has 1 nitrogen and oxygen atoms in total. The monoisotopic (exact) mass is 589 g/mol. The zero-order valence-electron chi connectivity index (χ0n) is 26.3. The Morgan fingerprint density at radius 3 is 1.78 bits per heavy atom. The molecule has 46 heavy (non-hydrogen) atoms. The smallest absolute Gasteiger partial charge is 0.0346 e. The summed E-state index contributed by atoms with van der Waals surface area (Å²) in [6.07, 6.45) is 14.5. The zero-order chi connectivity index (χ0) is 31.0. The highest BCUT2D eigenvalue weighted by Crippen LogP contribution is 2.38. The SMILES string of the molecule is C/C=C\C=C/C1=C(C)c2ccc(-c3ccc4c(ccc5c6ccc(-c7ccc(-c8cccnc8)cc7)cc6ccc45)c3)cc2CC1. The van der Waals surface area contributed by atoms with Gasteiger partial charge in [0, 0.05) is 12.4 Å². The van der Waals surface area contributed by atoms with Crippen molar-refractivity contribution in [2.45, 2.75) is 26.7 Å². The highest BCUT2D eigenvalue weighted by atomic mass is 14.6. The first-order valence-corrected chi connectivity index (χ1v) is 16.2. The molecule has 0 saturated carbocycles. The van der Waals surface area contributed by atoms with Crippen LogP contribution in [-0.4, -0.2) is 4.98 Å². The van der Waals surface area contributed by atoms with Crippen molar-refractivity contribution in [1.82, 2.24) is 4.98 Å². The predicted octanol–water partition coefficient (Wildman–Crippen LogP) is 12.4. The summed E-state index contributed by atoms with van der Waals surface area (Å²) in [5, 5.41) is 7.72. The Hall–Kier alpha value is -5.53. The van der Waals surface area contributed by atoms with Gasteiger partial charge < -0.3 is 0 Å². The summed E-state index contributed by atoms with van der Waals surface area (Å²) >= 11 is 0. The van der Waals surface area contributed by atoms with E-state index in [-0.39, 0.29) is 0 Å². The maximum atomic E-state index is 4.26. The third-order valence-corrected chi connectivity index (χ3v) is 9.63. The average Bonchev–Trinajstić information content (AvgIpc) is 3.12. The van der Waals surface area contributed by atoms with Gasteiger partial charge in [-0.25, -0.2) is 0 Å². The van der Waals surface area contributed by atoms with Crippen LogP contribution in [0.15, 0.2) is 158 Å². The summed E-state index contributed by atoms with van der Waals surface area (Å²) in [7, 11) is 0. The van der Waals surface area contributed by atoms with Crippen LogP contribution in [-0.2, 0) is 6.42 Å². The van der Waals surface area contributed by atoms with Crippen molar-refractivity contribution in [2.24, 2.45) is 0 Å². The number of allylic oxidation sites excluding steroid dienone is 6. The van der Waals surface area contributed by atoms with Crippen LogP contribution < -0.4 is 0 Å². The van der Waals surface area contributed by atoms with Crippen molar-refractivity contribution >= 4 is 37.9 Å². The maximum Gasteiger partial charge on any atom is 0.0346 e. The van der Waals surface area contributed by atoms with Crippen molar-refractivity contribution in [3.05, 3.63) is 169 Å². The molecule has 0 spiro atoms. The van der Waals surface area contributed by atoms with Crippen molar-refractivity contribution in [3.63, 3.8) is 0 Å². The van der Waals surface area contributed by atoms with Crippen LogP contribution in [0.5, 0.6) is 0 Å². The second-order valence-corrected chi connectivity index (χ2v) is 12.3. The minimum absolute atomic E-state index is 1.08. The summed E-state index contributed by atoms with van der Waals surface area (Å²) < 4.78 is 0. The van der Waals surface area contributed by atoms with Crippen LogP contribution in [0.3, 0.4) is 0 Å². The van der Waals surface area contributed by atoms with Crippen LogP contribution in [0, 0.1) is 0 Å². The molecule has 220 valence electrons. The van der Waals surface area contributed by atoms with E-state index >= 15 is 0 Å². The lowest BCUT2D eigenvalue weighted by molar-refractivity contribution is 0.939. The first-order chi connectivity index (χ1) is 22.7. The maximum absolute atomic E-state index is 4.26. The fourth-order valence-electron chi connectivity index (χ4n) is 7.10. The zero-order valence-corrected chi connectivity index (χ0v) is 26.3. The Bertz CT molecular complexity index is 2350. The lowest BCUT2D eigenvalue weighted by Crippen LogP contribution is -2.02. The Balaban J connectivity index is 1.11. The first-order valence-electron chi connectivity index (χ1n) is 16.2. The lowest BCUT2D eigenvalue weighted by atomic mass is 9.84. The van der Waals surface area contributed by atoms with Gasteiger partial charge in [0.15, 0.2) is 0 Å². The molecule has 8 rings (SSSR count). The molecule has 1 heterocycles. The Labute approximate surface area is 270 Å². The third-order valence-electron chi connectivity index (χ3n) is 9.63. The summed E-state index contributed by atoms with van der Waals surface area (Å²) in [5.74, 6) is 0. The van der Waals surface area contributed by atoms with E-state index in [0.717, 1.165) is 18.4 Å². The number of pyridine rings is 1. The lowest BCUT2D eigenvalue weighted by Gasteiger charge is -2.21. The van der Waals surface area contributed by atoms with E-state index in [4.69, 9.17) is 0 Å². The van der Waals surface area contributed by atoms with Gasteiger partial charge in [0.05, 0.1) is 0 Å². The predicted molar refractivity (Wildman–Crippen MR) is 198 cm³/mol. The molecule has 7 aromatic rings. The molecule has 0 bridgehead atoms. The second-order valence-electron chi connectivity index (χ2n) is 12.3. The minimum atomic E-state index is 1.08. The van der Waals surface area contributed by atoms with Crippen LogP contribution in [0.4, 0.5) is 0 Å². The Morgan fingerprint density at radius 1 is 0.543 bits per heavy atom. The van der Waals surface area contributed by atoms with Gasteiger partial charge in [0.2, 0.25) is 0 Å². The molecule has 1 aliphatic carbocycles. The molecule has 0 N–H and O–H groups in total. The van der Waals surface area contributed by atoms with Gasteiger partial charge in [-0.1, -0.05) is 121 Å². The van der Waals surface area contributed by atoms with Crippen LogP contribution in [0.25, 0.3) is 71.3 Å². The minimum Gasteiger partial charge on any atom is -0.264 e. The molecule has 1 aromatic heterocycles. The summed E-state index contributed by atoms with van der Waals surface area (Å²) in [6.45, 7) is 4.32. The number of aromatic nitrogens is 1. The molecule has 0 unspecified atom stereocenters. The molecule has 0 amide bonds. The van der Waals surface area contributed by atoms with Crippen LogP contribution in [0.1, 0.15) is 31.4 Å². The van der Waals surface area contributed by atoms with Gasteiger partial charge in [-0.2, -0.15) is 0 Å². The van der Waals surface area contributed by atoms with E-state index in [1.807, 2.05) is 18.5 Å². The standard InChI is InChI=1S/C45H35N/c1-3-4-5-7-31-9-14-37-27-35(15-20-41(37)30(31)2)36-17-22-43-39(28-36)19-24-44-42-21-16-34(26-38(42)18-23-45(43)44)32-10-12-33(13-11-32)40-8-6-25-46-29-40/h3-8,10-13,15-29H,9,14H2,1-2H3/b4-3-,7-5-. The highest BCUT2D eigenvalue weighted by molar-refractivity contribution is 6.18. The summed E-state index contributed by atoms with van der Waals surface area (Å²) in [6, 6.07) is 42.9. The average molecular weight is 590 g/mol. The van der Waals surface area contributed by atoms with Gasteiger partial charge >= 0.3 is 0 Å². The van der Waals surface area contributed by atoms with Gasteiger partial charge in [-0.05, 0) is 133 Å². The largest absolute Gasteiger partial charge is 0.264 e. The van der Waals surface area contributed by atoms with E-state index in [2.05, 4.69) is 152 Å². The van der Waals surface area contributed by atoms with E-state index in [1.165, 1.54) is 82.4 Å². The topological polar surface area (TPSA) is 12.9 Å². The number of aryl methyl sites for hydroxylation is 1. The van der Waals surface area contributed by atoms with Crippen molar-refractivity contribution < 1.29 is 0 Å². The third kappa shape index (κ3) is 5.04. The van der Waals surface area contributed by atoms with Crippen molar-refractivity contribution in [3.8, 4) is 33.4 Å². The van der Waals surface area contributed by atoms with Gasteiger partial charge in [0.1, 0.15) is 0 Å². The molecule has 1 heteroatoms. The summed E-state index contributed by atoms with van der Waals surface area (Å²) in [4.78, 5) is 4.26. The van der Waals surface area contributed by atoms with E-state index in [1.54, 1.807) is 0 Å². The van der Waals surface area contributed by atoms with Crippen molar-refractivity contribution in [1.29, 1.82) is 0 Å². The van der Waals surface area contributed by atoms with Gasteiger partial charge in [-0.15, -0.1) is 0 Å². The van der Waals surface area contributed by atoms with Gasteiger partial charge in [-0.3, -0.25) is 4.98 Å². The number of rotatable bonds is 5. The van der Waals surface area contributed by atoms with Crippen LogP contribution >= 0.6 is 0 Å². The highest BCUT2D eigenvalue weighted by Gasteiger charge is 2.16. The molecule has 0 aliphatic heterocycles. The molecule has 0 fully saturated rings. The summed E-state index contributed by atoms with van der Waals surface area (Å²) in [5.41, 5.74) is 13.0. The van der Waals surface area contributed by atoms with E-state index in [9.17, 15) is 0 Å². The molecule has 0 radical (unpaired) electrons. The van der Waals surface area contributed by atoms with E-state index < -0.39 is 0 Å². The number of hydrogen-bond donors (Lipinski definition) is 0. The number of fused-ring (bicyclic) bond motifs is 6. The number of hydrogen-bond acceptors (Lipinski definition) is 1. The Morgan fingerprint density at radius 2 is 1.13 bits per heavy atom. The Kier molecular flexibility index (Phi) is 7.15. The van der Waals surface area contributed by atoms with E-state index in [0.29, 0.717) is 0 Å². The van der Waals surface area contributed by atoms with Gasteiger partial charge in [0.25, 0.3) is 0 Å².